The Morgan fingerprint density at radius 2 is 1.21 bits per heavy atom. The first-order valence-electron chi connectivity index (χ1n) is 19.4. The number of nitrogens with one attached hydrogen (secondary N) is 4. The number of rotatable bonds is 12. The first-order chi connectivity index (χ1) is 28.0. The van der Waals surface area contributed by atoms with Crippen molar-refractivity contribution in [2.75, 3.05) is 41.5 Å². The standard InChI is InChI=1S/C41H50N8O9/c1-22(54-3)34(46-40(52)56-5)38(50)48-15-7-9-30(48)36-42-20-28(44-36)24-13-14-32-27(17-24)18-26-12-11-25(19-33(26)58-32)29-21-43-37(45-29)31-10-8-16-49(31)39(51)35(23(2)55-4)47-41(53)57-6/h11-14,17,19-23,30-31,34-35H,7-10,15-16,18H2,1-6H3,(H,42,44)(H,43,45)(H,46,52)(H,47,53)/t22-,23-,30+,31+,34+,35+/m1/s1. The van der Waals surface area contributed by atoms with Gasteiger partial charge < -0.3 is 54.1 Å². The second-order valence-corrected chi connectivity index (χ2v) is 14.8. The number of aromatic amines is 2. The van der Waals surface area contributed by atoms with Crippen molar-refractivity contribution >= 4 is 24.0 Å². The summed E-state index contributed by atoms with van der Waals surface area (Å²) in [6.45, 7) is 4.51. The van der Waals surface area contributed by atoms with Crippen molar-refractivity contribution in [3.8, 4) is 34.0 Å². The van der Waals surface area contributed by atoms with E-state index in [0.717, 1.165) is 70.8 Å². The molecule has 2 aromatic heterocycles. The molecule has 5 heterocycles. The van der Waals surface area contributed by atoms with E-state index in [4.69, 9.17) is 28.7 Å². The first-order valence-corrected chi connectivity index (χ1v) is 19.4. The van der Waals surface area contributed by atoms with E-state index in [1.807, 2.05) is 30.3 Å². The van der Waals surface area contributed by atoms with Gasteiger partial charge >= 0.3 is 12.2 Å². The van der Waals surface area contributed by atoms with Gasteiger partial charge in [-0.05, 0) is 74.9 Å². The van der Waals surface area contributed by atoms with Gasteiger partial charge in [-0.1, -0.05) is 12.1 Å². The molecule has 58 heavy (non-hydrogen) atoms. The van der Waals surface area contributed by atoms with Crippen molar-refractivity contribution in [2.45, 2.75) is 82.3 Å². The van der Waals surface area contributed by atoms with E-state index in [-0.39, 0.29) is 23.9 Å². The Hall–Kier alpha value is -5.94. The average Bonchev–Trinajstić information content (AvgIpc) is 4.09. The third-order valence-corrected chi connectivity index (χ3v) is 11.4. The molecule has 7 rings (SSSR count). The number of hydrogen-bond acceptors (Lipinski definition) is 11. The van der Waals surface area contributed by atoms with Crippen molar-refractivity contribution < 1.29 is 42.9 Å². The summed E-state index contributed by atoms with van der Waals surface area (Å²) in [4.78, 5) is 71.2. The number of nitrogens with zero attached hydrogens (tertiary/aromatic N) is 4. The number of alkyl carbamates (subject to hydrolysis) is 2. The number of amides is 4. The van der Waals surface area contributed by atoms with Gasteiger partial charge in [0, 0.05) is 44.9 Å². The maximum atomic E-state index is 13.7. The molecule has 2 aromatic carbocycles. The van der Waals surface area contributed by atoms with Gasteiger partial charge in [-0.25, -0.2) is 19.6 Å². The predicted octanol–water partition coefficient (Wildman–Crippen LogP) is 5.01. The van der Waals surface area contributed by atoms with Gasteiger partial charge in [0.15, 0.2) is 0 Å². The highest BCUT2D eigenvalue weighted by Gasteiger charge is 2.40. The molecule has 17 nitrogen and oxygen atoms in total. The molecule has 2 saturated heterocycles. The van der Waals surface area contributed by atoms with Crippen LogP contribution in [0, 0.1) is 0 Å². The minimum absolute atomic E-state index is 0.259. The molecule has 0 saturated carbocycles. The third-order valence-electron chi connectivity index (χ3n) is 11.4. The number of hydrogen-bond donors (Lipinski definition) is 4. The zero-order valence-corrected chi connectivity index (χ0v) is 33.5. The summed E-state index contributed by atoms with van der Waals surface area (Å²) in [6, 6.07) is 9.69. The summed E-state index contributed by atoms with van der Waals surface area (Å²) < 4.78 is 26.8. The minimum Gasteiger partial charge on any atom is -0.457 e. The van der Waals surface area contributed by atoms with E-state index in [1.54, 1.807) is 36.0 Å². The topological polar surface area (TPSA) is 202 Å². The fourth-order valence-electron chi connectivity index (χ4n) is 7.97. The Bertz CT molecular complexity index is 2000. The van der Waals surface area contributed by atoms with E-state index >= 15 is 0 Å². The smallest absolute Gasteiger partial charge is 0.407 e. The van der Waals surface area contributed by atoms with Crippen LogP contribution in [0.1, 0.15) is 74.4 Å². The van der Waals surface area contributed by atoms with Crippen molar-refractivity contribution in [1.29, 1.82) is 0 Å². The summed E-state index contributed by atoms with van der Waals surface area (Å²) in [5.74, 6) is 2.31. The molecule has 3 aliphatic rings. The van der Waals surface area contributed by atoms with E-state index in [0.29, 0.717) is 31.2 Å². The van der Waals surface area contributed by atoms with Gasteiger partial charge in [0.1, 0.15) is 35.2 Å². The largest absolute Gasteiger partial charge is 0.457 e. The van der Waals surface area contributed by atoms with Gasteiger partial charge in [-0.2, -0.15) is 0 Å². The van der Waals surface area contributed by atoms with E-state index in [2.05, 4.69) is 31.7 Å². The molecule has 3 aliphatic heterocycles. The van der Waals surface area contributed by atoms with Crippen molar-refractivity contribution in [3.63, 3.8) is 0 Å². The Morgan fingerprint density at radius 3 is 1.71 bits per heavy atom. The zero-order valence-electron chi connectivity index (χ0n) is 33.5. The van der Waals surface area contributed by atoms with E-state index < -0.39 is 36.5 Å². The highest BCUT2D eigenvalue weighted by atomic mass is 16.5. The zero-order chi connectivity index (χ0) is 41.1. The molecule has 0 radical (unpaired) electrons. The van der Waals surface area contributed by atoms with Crippen LogP contribution in [0.3, 0.4) is 0 Å². The molecule has 4 aromatic rings. The summed E-state index contributed by atoms with van der Waals surface area (Å²) in [5.41, 5.74) is 5.48. The summed E-state index contributed by atoms with van der Waals surface area (Å²) >= 11 is 0. The number of likely N-dealkylation sites (tertiary alicyclic amines) is 2. The molecule has 17 heteroatoms. The Kier molecular flexibility index (Phi) is 12.0. The third kappa shape index (κ3) is 8.09. The van der Waals surface area contributed by atoms with Crippen LogP contribution in [0.5, 0.6) is 11.5 Å². The number of ether oxygens (including phenoxy) is 5. The van der Waals surface area contributed by atoms with Crippen LogP contribution in [-0.4, -0.2) is 120 Å². The summed E-state index contributed by atoms with van der Waals surface area (Å²) in [5, 5.41) is 5.24. The number of imidazole rings is 2. The molecule has 4 N–H and O–H groups in total. The molecular weight excluding hydrogens is 748 g/mol. The molecule has 4 amide bonds. The fraction of sp³-hybridized carbons (Fsp3) is 0.463. The van der Waals surface area contributed by atoms with E-state index in [1.165, 1.54) is 28.4 Å². The van der Waals surface area contributed by atoms with E-state index in [9.17, 15) is 19.2 Å². The first kappa shape index (κ1) is 40.3. The van der Waals surface area contributed by atoms with Crippen LogP contribution in [0.2, 0.25) is 0 Å². The lowest BCUT2D eigenvalue weighted by Crippen LogP contribution is -2.54. The Labute approximate surface area is 336 Å². The molecule has 6 atom stereocenters. The van der Waals surface area contributed by atoms with Crippen LogP contribution in [0.25, 0.3) is 22.5 Å². The van der Waals surface area contributed by atoms with Crippen molar-refractivity contribution in [2.24, 2.45) is 0 Å². The van der Waals surface area contributed by atoms with Gasteiger partial charge in [0.05, 0.1) is 62.3 Å². The monoisotopic (exact) mass is 798 g/mol. The lowest BCUT2D eigenvalue weighted by molar-refractivity contribution is -0.138. The fourth-order valence-corrected chi connectivity index (χ4v) is 7.97. The number of benzene rings is 2. The molecule has 0 unspecified atom stereocenters. The SMILES string of the molecule is COC(=O)N[C@H](C(=O)N1CCC[C@H]1c1ncc(-c2ccc3c(c2)Cc2ccc(-c4cnc([C@@H]5CCCN5C(=O)[C@@H](NC(=O)OC)[C@@H](C)OC)[nH]4)cc2O3)[nH]1)[C@@H](C)OC. The van der Waals surface area contributed by atoms with Gasteiger partial charge in [0.2, 0.25) is 11.8 Å². The lowest BCUT2D eigenvalue weighted by atomic mass is 9.96. The number of H-pyrrole nitrogens is 2. The Morgan fingerprint density at radius 1 is 0.707 bits per heavy atom. The molecule has 0 aliphatic carbocycles. The highest BCUT2D eigenvalue weighted by Crippen LogP contribution is 2.41. The highest BCUT2D eigenvalue weighted by molar-refractivity contribution is 5.87. The number of fused-ring (bicyclic) bond motifs is 2. The van der Waals surface area contributed by atoms with Crippen LogP contribution in [0.15, 0.2) is 48.8 Å². The second kappa shape index (κ2) is 17.3. The summed E-state index contributed by atoms with van der Waals surface area (Å²) in [7, 11) is 5.49. The van der Waals surface area contributed by atoms with Crippen LogP contribution >= 0.6 is 0 Å². The number of methoxy groups -OCH3 is 4. The van der Waals surface area contributed by atoms with Crippen LogP contribution in [-0.2, 0) is 35.0 Å². The van der Waals surface area contributed by atoms with Crippen LogP contribution < -0.4 is 15.4 Å². The second-order valence-electron chi connectivity index (χ2n) is 14.8. The van der Waals surface area contributed by atoms with Gasteiger partial charge in [0.25, 0.3) is 0 Å². The van der Waals surface area contributed by atoms with Crippen LogP contribution in [0.4, 0.5) is 9.59 Å². The lowest BCUT2D eigenvalue weighted by Gasteiger charge is -2.30. The minimum atomic E-state index is -0.913. The maximum Gasteiger partial charge on any atom is 0.407 e. The molecule has 2 fully saturated rings. The molecule has 0 spiro atoms. The normalized spacial score (nSPS) is 19.3. The molecular formula is C41H50N8O9. The predicted molar refractivity (Wildman–Crippen MR) is 210 cm³/mol. The number of carbonyl (C=O) groups excluding carboxylic acids is 4. The molecule has 0 bridgehead atoms. The van der Waals surface area contributed by atoms with Gasteiger partial charge in [-0.3, -0.25) is 9.59 Å². The summed E-state index contributed by atoms with van der Waals surface area (Å²) in [6.07, 6.45) is 4.70. The Balaban J connectivity index is 1.03. The number of aromatic nitrogens is 4. The van der Waals surface area contributed by atoms with Crippen molar-refractivity contribution in [3.05, 3.63) is 71.6 Å². The quantitative estimate of drug-likeness (QED) is 0.132. The van der Waals surface area contributed by atoms with Crippen molar-refractivity contribution in [1.82, 2.24) is 40.4 Å². The number of carbonyl (C=O) groups is 4. The van der Waals surface area contributed by atoms with Gasteiger partial charge in [-0.15, -0.1) is 0 Å². The molecule has 308 valence electrons. The average molecular weight is 799 g/mol. The maximum absolute atomic E-state index is 13.7.